The van der Waals surface area contributed by atoms with E-state index in [9.17, 15) is 17.2 Å². The van der Waals surface area contributed by atoms with Crippen LogP contribution in [0.3, 0.4) is 0 Å². The normalized spacial score (nSPS) is 19.9. The summed E-state index contributed by atoms with van der Waals surface area (Å²) in [7, 11) is -3.40. The van der Waals surface area contributed by atoms with Crippen molar-refractivity contribution in [3.63, 3.8) is 0 Å². The molecule has 1 fully saturated rings. The Bertz CT molecular complexity index is 1130. The van der Waals surface area contributed by atoms with Gasteiger partial charge in [0.05, 0.1) is 5.75 Å². The van der Waals surface area contributed by atoms with Gasteiger partial charge in [-0.05, 0) is 42.7 Å². The first-order valence-electron chi connectivity index (χ1n) is 9.81. The third kappa shape index (κ3) is 6.19. The number of halogens is 2. The first-order valence-corrected chi connectivity index (χ1v) is 13.3. The van der Waals surface area contributed by atoms with E-state index < -0.39 is 34.4 Å². The van der Waals surface area contributed by atoms with Gasteiger partial charge in [0, 0.05) is 31.5 Å². The maximum atomic E-state index is 13.5. The Morgan fingerprint density at radius 3 is 2.44 bits per heavy atom. The zero-order valence-electron chi connectivity index (χ0n) is 17.1. The monoisotopic (exact) mass is 647 g/mol. The summed E-state index contributed by atoms with van der Waals surface area (Å²) >= 11 is -1.92. The molecule has 0 saturated carbocycles. The van der Waals surface area contributed by atoms with Crippen LogP contribution in [-0.4, -0.2) is 38.0 Å². The van der Waals surface area contributed by atoms with Crippen LogP contribution in [0, 0.1) is 0 Å². The number of nitrogens with zero attached hydrogens (tertiary/aromatic N) is 2. The summed E-state index contributed by atoms with van der Waals surface area (Å²) in [6.45, 7) is 2.16. The topological polar surface area (TPSA) is 93.1 Å². The van der Waals surface area contributed by atoms with Crippen molar-refractivity contribution in [1.29, 1.82) is 0 Å². The Morgan fingerprint density at radius 2 is 1.78 bits per heavy atom. The van der Waals surface area contributed by atoms with Crippen LogP contribution >= 0.6 is 0 Å². The van der Waals surface area contributed by atoms with Crippen molar-refractivity contribution in [2.75, 3.05) is 18.8 Å². The van der Waals surface area contributed by atoms with Crippen molar-refractivity contribution in [2.24, 2.45) is 4.40 Å². The molecule has 2 aromatic carbocycles. The van der Waals surface area contributed by atoms with Crippen LogP contribution in [0.25, 0.3) is 0 Å². The first-order chi connectivity index (χ1) is 15.1. The SMILES string of the molecule is CC(F)(F)c1cccc(Oc2ccc(C3CCCN4CCS(=O)(=O)N=C34)cc2)c1.[O]=[Pt]=[O]. The van der Waals surface area contributed by atoms with E-state index >= 15 is 0 Å². The zero-order chi connectivity index (χ0) is 23.4. The number of hydrogen-bond donors (Lipinski definition) is 0. The summed E-state index contributed by atoms with van der Waals surface area (Å²) in [5, 5.41) is 0. The predicted octanol–water partition coefficient (Wildman–Crippen LogP) is 4.27. The summed E-state index contributed by atoms with van der Waals surface area (Å²) < 4.78 is 77.6. The average molecular weight is 648 g/mol. The molecule has 4 rings (SSSR count). The van der Waals surface area contributed by atoms with Gasteiger partial charge in [-0.1, -0.05) is 24.3 Å². The van der Waals surface area contributed by atoms with Crippen molar-refractivity contribution in [1.82, 2.24) is 4.90 Å². The number of benzene rings is 2. The van der Waals surface area contributed by atoms with Gasteiger partial charge in [-0.25, -0.2) is 17.2 Å². The quantitative estimate of drug-likeness (QED) is 0.493. The van der Waals surface area contributed by atoms with Crippen LogP contribution in [0.15, 0.2) is 52.9 Å². The van der Waals surface area contributed by atoms with E-state index in [1.807, 2.05) is 12.1 Å². The molecule has 1 unspecified atom stereocenters. The minimum atomic E-state index is -3.40. The molecule has 0 aromatic heterocycles. The Kier molecular flexibility index (Phi) is 7.77. The molecule has 2 heterocycles. The molecular formula is C21H22F2N2O5PtS. The Labute approximate surface area is 193 Å². The Morgan fingerprint density at radius 1 is 1.09 bits per heavy atom. The molecule has 7 nitrogen and oxygen atoms in total. The van der Waals surface area contributed by atoms with Crippen molar-refractivity contribution in [3.05, 3.63) is 59.7 Å². The molecule has 32 heavy (non-hydrogen) atoms. The molecule has 2 aliphatic rings. The van der Waals surface area contributed by atoms with Gasteiger partial charge in [-0.2, -0.15) is 0 Å². The van der Waals surface area contributed by atoms with Gasteiger partial charge in [-0.3, -0.25) is 0 Å². The maximum absolute atomic E-state index is 13.5. The summed E-state index contributed by atoms with van der Waals surface area (Å²) in [5.41, 5.74) is 0.858. The molecule has 1 atom stereocenters. The van der Waals surface area contributed by atoms with Crippen molar-refractivity contribution >= 4 is 15.9 Å². The van der Waals surface area contributed by atoms with E-state index in [1.54, 1.807) is 18.2 Å². The zero-order valence-corrected chi connectivity index (χ0v) is 20.2. The minimum absolute atomic E-state index is 0.0614. The number of amidine groups is 1. The van der Waals surface area contributed by atoms with Crippen LogP contribution in [0.2, 0.25) is 0 Å². The van der Waals surface area contributed by atoms with E-state index in [4.69, 9.17) is 11.5 Å². The standard InChI is InChI=1S/C21H22F2N2O3S.2O.Pt/c1-21(22,23)16-4-2-5-18(14-16)28-17-9-7-15(8-10-17)19-6-3-11-25-12-13-29(26,27)24-20(19)25;;;/h2,4-5,7-10,14,19H,3,6,11-13H2,1H3;;;. The molecule has 0 spiro atoms. The molecule has 2 aliphatic heterocycles. The Balaban J connectivity index is 0.000000913. The third-order valence-corrected chi connectivity index (χ3v) is 6.43. The number of alkyl halides is 2. The van der Waals surface area contributed by atoms with Gasteiger partial charge >= 0.3 is 25.3 Å². The van der Waals surface area contributed by atoms with Crippen LogP contribution in [-0.2, 0) is 41.2 Å². The van der Waals surface area contributed by atoms with Crippen LogP contribution in [0.5, 0.6) is 11.5 Å². The summed E-state index contributed by atoms with van der Waals surface area (Å²) in [4.78, 5) is 2.05. The third-order valence-electron chi connectivity index (χ3n) is 5.27. The molecule has 0 radical (unpaired) electrons. The molecular weight excluding hydrogens is 625 g/mol. The van der Waals surface area contributed by atoms with E-state index in [2.05, 4.69) is 9.30 Å². The van der Waals surface area contributed by atoms with E-state index in [0.717, 1.165) is 31.9 Å². The number of rotatable bonds is 4. The molecule has 0 aliphatic carbocycles. The predicted molar refractivity (Wildman–Crippen MR) is 109 cm³/mol. The van der Waals surface area contributed by atoms with E-state index in [-0.39, 0.29) is 17.2 Å². The van der Waals surface area contributed by atoms with Crippen LogP contribution in [0.4, 0.5) is 8.78 Å². The van der Waals surface area contributed by atoms with E-state index in [1.165, 1.54) is 18.2 Å². The molecule has 2 aromatic rings. The molecule has 0 bridgehead atoms. The van der Waals surface area contributed by atoms with Gasteiger partial charge in [-0.15, -0.1) is 4.40 Å². The second-order valence-corrected chi connectivity index (χ2v) is 9.69. The molecule has 176 valence electrons. The number of fused-ring (bicyclic) bond motifs is 1. The average Bonchev–Trinajstić information content (AvgIpc) is 2.74. The summed E-state index contributed by atoms with van der Waals surface area (Å²) in [6.07, 6.45) is 1.80. The van der Waals surface area contributed by atoms with Gasteiger partial charge in [0.15, 0.2) is 0 Å². The van der Waals surface area contributed by atoms with Gasteiger partial charge in [0.2, 0.25) is 0 Å². The number of piperidine rings is 1. The molecule has 1 saturated heterocycles. The van der Waals surface area contributed by atoms with Gasteiger partial charge in [0.25, 0.3) is 15.9 Å². The van der Waals surface area contributed by atoms with Gasteiger partial charge < -0.3 is 9.64 Å². The molecule has 11 heteroatoms. The van der Waals surface area contributed by atoms with Crippen LogP contribution in [0.1, 0.15) is 36.8 Å². The summed E-state index contributed by atoms with van der Waals surface area (Å²) in [6, 6.07) is 13.2. The number of ether oxygens (including phenoxy) is 1. The Hall–Kier alpha value is -2.19. The van der Waals surface area contributed by atoms with Gasteiger partial charge in [0.1, 0.15) is 17.3 Å². The fourth-order valence-electron chi connectivity index (χ4n) is 3.76. The molecule has 0 amide bonds. The second-order valence-electron chi connectivity index (χ2n) is 7.56. The second kappa shape index (κ2) is 10.2. The summed E-state index contributed by atoms with van der Waals surface area (Å²) in [5.74, 6) is -1.47. The number of hydrogen-bond acceptors (Lipinski definition) is 6. The van der Waals surface area contributed by atoms with E-state index in [0.29, 0.717) is 23.9 Å². The fraction of sp³-hybridized carbons (Fsp3) is 0.381. The van der Waals surface area contributed by atoms with Crippen molar-refractivity contribution < 1.29 is 47.2 Å². The van der Waals surface area contributed by atoms with Crippen LogP contribution < -0.4 is 4.74 Å². The number of sulfonamides is 1. The van der Waals surface area contributed by atoms with Crippen molar-refractivity contribution in [3.8, 4) is 11.5 Å². The molecule has 0 N–H and O–H groups in total. The fourth-order valence-corrected chi connectivity index (χ4v) is 4.83. The van der Waals surface area contributed by atoms with Crippen molar-refractivity contribution in [2.45, 2.75) is 31.6 Å². The first kappa shape index (κ1) is 24.5.